The fourth-order valence-electron chi connectivity index (χ4n) is 2.50. The summed E-state index contributed by atoms with van der Waals surface area (Å²) in [5.41, 5.74) is 3.25. The Morgan fingerprint density at radius 2 is 1.96 bits per heavy atom. The van der Waals surface area contributed by atoms with Crippen molar-refractivity contribution in [2.45, 2.75) is 6.54 Å². The van der Waals surface area contributed by atoms with E-state index in [2.05, 4.69) is 20.2 Å². The van der Waals surface area contributed by atoms with Crippen molar-refractivity contribution in [2.75, 3.05) is 0 Å². The standard InChI is InChI=1S/C16H11F2N5/c17-12-3-1-10(5-13(12)18)7-23-9-21-22-16(23)11-2-4-14-15(6-11)20-8-19-14/h1-6,8-9H,7H2,(H,19,20). The summed E-state index contributed by atoms with van der Waals surface area (Å²) >= 11 is 0. The van der Waals surface area contributed by atoms with Crippen molar-refractivity contribution in [3.05, 3.63) is 66.3 Å². The van der Waals surface area contributed by atoms with E-state index >= 15 is 0 Å². The van der Waals surface area contributed by atoms with Gasteiger partial charge in [0.05, 0.1) is 23.9 Å². The number of nitrogens with one attached hydrogen (secondary N) is 1. The second-order valence-corrected chi connectivity index (χ2v) is 5.17. The molecule has 0 amide bonds. The zero-order valence-corrected chi connectivity index (χ0v) is 11.9. The number of imidazole rings is 1. The molecule has 2 heterocycles. The molecular weight excluding hydrogens is 300 g/mol. The minimum Gasteiger partial charge on any atom is -0.345 e. The fraction of sp³-hybridized carbons (Fsp3) is 0.0625. The summed E-state index contributed by atoms with van der Waals surface area (Å²) in [6, 6.07) is 9.55. The number of rotatable bonds is 3. The summed E-state index contributed by atoms with van der Waals surface area (Å²) in [5, 5.41) is 8.05. The molecule has 1 N–H and O–H groups in total. The highest BCUT2D eigenvalue weighted by Gasteiger charge is 2.10. The second-order valence-electron chi connectivity index (χ2n) is 5.17. The number of fused-ring (bicyclic) bond motifs is 1. The lowest BCUT2D eigenvalue weighted by Crippen LogP contribution is -2.02. The Kier molecular flexibility index (Phi) is 3.11. The summed E-state index contributed by atoms with van der Waals surface area (Å²) in [6.07, 6.45) is 3.19. The third kappa shape index (κ3) is 2.46. The number of H-pyrrole nitrogens is 1. The van der Waals surface area contributed by atoms with E-state index in [-0.39, 0.29) is 0 Å². The number of hydrogen-bond donors (Lipinski definition) is 1. The van der Waals surface area contributed by atoms with Crippen molar-refractivity contribution in [1.82, 2.24) is 24.7 Å². The fourth-order valence-corrected chi connectivity index (χ4v) is 2.50. The molecule has 0 bridgehead atoms. The van der Waals surface area contributed by atoms with Crippen LogP contribution in [0.1, 0.15) is 5.56 Å². The molecule has 0 aliphatic rings. The molecule has 5 nitrogen and oxygen atoms in total. The molecule has 7 heteroatoms. The van der Waals surface area contributed by atoms with Gasteiger partial charge in [-0.2, -0.15) is 0 Å². The summed E-state index contributed by atoms with van der Waals surface area (Å²) in [7, 11) is 0. The maximum atomic E-state index is 13.3. The Bertz CT molecular complexity index is 989. The van der Waals surface area contributed by atoms with Crippen molar-refractivity contribution >= 4 is 11.0 Å². The van der Waals surface area contributed by atoms with Gasteiger partial charge < -0.3 is 9.55 Å². The average molecular weight is 311 g/mol. The third-order valence-corrected chi connectivity index (χ3v) is 3.63. The second kappa shape index (κ2) is 5.28. The Balaban J connectivity index is 1.71. The van der Waals surface area contributed by atoms with Crippen molar-refractivity contribution in [3.63, 3.8) is 0 Å². The highest BCUT2D eigenvalue weighted by atomic mass is 19.2. The van der Waals surface area contributed by atoms with E-state index in [1.807, 2.05) is 18.2 Å². The SMILES string of the molecule is Fc1ccc(Cn2cnnc2-c2ccc3nc[nH]c3c2)cc1F. The number of halogens is 2. The number of nitrogens with zero attached hydrogens (tertiary/aromatic N) is 4. The topological polar surface area (TPSA) is 59.4 Å². The molecular formula is C16H11F2N5. The number of aromatic amines is 1. The molecule has 0 aliphatic carbocycles. The minimum atomic E-state index is -0.865. The maximum absolute atomic E-state index is 13.3. The quantitative estimate of drug-likeness (QED) is 0.632. The molecule has 0 radical (unpaired) electrons. The molecule has 0 fully saturated rings. The Labute approximate surface area is 129 Å². The molecule has 4 rings (SSSR count). The van der Waals surface area contributed by atoms with Gasteiger partial charge in [0.15, 0.2) is 17.5 Å². The highest BCUT2D eigenvalue weighted by molar-refractivity contribution is 5.79. The number of aromatic nitrogens is 5. The van der Waals surface area contributed by atoms with Crippen LogP contribution in [0.3, 0.4) is 0 Å². The van der Waals surface area contributed by atoms with Gasteiger partial charge in [-0.25, -0.2) is 13.8 Å². The van der Waals surface area contributed by atoms with Crippen LogP contribution in [0, 0.1) is 11.6 Å². The minimum absolute atomic E-state index is 0.348. The third-order valence-electron chi connectivity index (χ3n) is 3.63. The van der Waals surface area contributed by atoms with E-state index in [1.54, 1.807) is 23.3 Å². The van der Waals surface area contributed by atoms with Gasteiger partial charge in [-0.15, -0.1) is 10.2 Å². The van der Waals surface area contributed by atoms with Gasteiger partial charge in [0, 0.05) is 5.56 Å². The Morgan fingerprint density at radius 3 is 2.83 bits per heavy atom. The highest BCUT2D eigenvalue weighted by Crippen LogP contribution is 2.22. The van der Waals surface area contributed by atoms with Gasteiger partial charge in [0.1, 0.15) is 6.33 Å². The van der Waals surface area contributed by atoms with Crippen LogP contribution in [0.2, 0.25) is 0 Å². The first-order valence-electron chi connectivity index (χ1n) is 6.96. The Hall–Kier alpha value is -3.09. The first-order valence-corrected chi connectivity index (χ1v) is 6.96. The van der Waals surface area contributed by atoms with Crippen molar-refractivity contribution < 1.29 is 8.78 Å². The zero-order valence-electron chi connectivity index (χ0n) is 11.9. The van der Waals surface area contributed by atoms with Crippen LogP contribution in [-0.4, -0.2) is 24.7 Å². The van der Waals surface area contributed by atoms with E-state index in [1.165, 1.54) is 6.07 Å². The maximum Gasteiger partial charge on any atom is 0.164 e. The van der Waals surface area contributed by atoms with Crippen LogP contribution in [0.4, 0.5) is 8.78 Å². The van der Waals surface area contributed by atoms with E-state index in [9.17, 15) is 8.78 Å². The van der Waals surface area contributed by atoms with Crippen LogP contribution in [0.25, 0.3) is 22.4 Å². The zero-order chi connectivity index (χ0) is 15.8. The Morgan fingerprint density at radius 1 is 1.04 bits per heavy atom. The first-order chi connectivity index (χ1) is 11.2. The molecule has 2 aromatic carbocycles. The summed E-state index contributed by atoms with van der Waals surface area (Å²) in [4.78, 5) is 7.22. The van der Waals surface area contributed by atoms with Crippen LogP contribution in [0.15, 0.2) is 49.1 Å². The lowest BCUT2D eigenvalue weighted by atomic mass is 10.1. The van der Waals surface area contributed by atoms with Gasteiger partial charge in [-0.1, -0.05) is 6.07 Å². The predicted octanol–water partition coefficient (Wildman–Crippen LogP) is 3.15. The molecule has 114 valence electrons. The average Bonchev–Trinajstić information content (AvgIpc) is 3.19. The normalized spacial score (nSPS) is 11.2. The molecule has 0 unspecified atom stereocenters. The van der Waals surface area contributed by atoms with Gasteiger partial charge in [-0.05, 0) is 35.9 Å². The monoisotopic (exact) mass is 311 g/mol. The first kappa shape index (κ1) is 13.6. The van der Waals surface area contributed by atoms with Crippen molar-refractivity contribution in [3.8, 4) is 11.4 Å². The molecule has 0 aliphatic heterocycles. The molecule has 0 saturated carbocycles. The van der Waals surface area contributed by atoms with E-state index in [0.717, 1.165) is 22.7 Å². The van der Waals surface area contributed by atoms with Crippen LogP contribution in [0.5, 0.6) is 0 Å². The molecule has 23 heavy (non-hydrogen) atoms. The van der Waals surface area contributed by atoms with E-state index in [4.69, 9.17) is 0 Å². The van der Waals surface area contributed by atoms with Crippen LogP contribution in [-0.2, 0) is 6.54 Å². The molecule has 2 aromatic heterocycles. The van der Waals surface area contributed by atoms with E-state index < -0.39 is 11.6 Å². The lowest BCUT2D eigenvalue weighted by molar-refractivity contribution is 0.506. The van der Waals surface area contributed by atoms with Gasteiger partial charge in [0.25, 0.3) is 0 Å². The molecule has 0 saturated heterocycles. The molecule has 0 spiro atoms. The largest absolute Gasteiger partial charge is 0.345 e. The summed E-state index contributed by atoms with van der Waals surface area (Å²) in [6.45, 7) is 0.348. The molecule has 4 aromatic rings. The lowest BCUT2D eigenvalue weighted by Gasteiger charge is -2.07. The summed E-state index contributed by atoms with van der Waals surface area (Å²) < 4.78 is 28.1. The van der Waals surface area contributed by atoms with Gasteiger partial charge >= 0.3 is 0 Å². The van der Waals surface area contributed by atoms with Crippen molar-refractivity contribution in [1.29, 1.82) is 0 Å². The predicted molar refractivity (Wildman–Crippen MR) is 80.6 cm³/mol. The smallest absolute Gasteiger partial charge is 0.164 e. The number of hydrogen-bond acceptors (Lipinski definition) is 3. The van der Waals surface area contributed by atoms with Crippen molar-refractivity contribution in [2.24, 2.45) is 0 Å². The number of benzene rings is 2. The van der Waals surface area contributed by atoms with Gasteiger partial charge in [-0.3, -0.25) is 0 Å². The summed E-state index contributed by atoms with van der Waals surface area (Å²) in [5.74, 6) is -1.08. The van der Waals surface area contributed by atoms with Crippen LogP contribution >= 0.6 is 0 Å². The van der Waals surface area contributed by atoms with Crippen LogP contribution < -0.4 is 0 Å². The molecule has 0 atom stereocenters. The van der Waals surface area contributed by atoms with E-state index in [0.29, 0.717) is 17.9 Å². The van der Waals surface area contributed by atoms with Gasteiger partial charge in [0.2, 0.25) is 0 Å².